The van der Waals surface area contributed by atoms with Crippen molar-refractivity contribution in [3.8, 4) is 0 Å². The molecule has 1 aromatic carbocycles. The maximum absolute atomic E-state index is 12.0. The summed E-state index contributed by atoms with van der Waals surface area (Å²) in [6.45, 7) is 0. The number of thiocarbonyl (C=S) groups is 1. The molecule has 0 spiro atoms. The average molecular weight is 376 g/mol. The maximum Gasteiger partial charge on any atom is 0.333 e. The van der Waals surface area contributed by atoms with E-state index in [1.165, 1.54) is 18.4 Å². The van der Waals surface area contributed by atoms with Crippen LogP contribution in [0.25, 0.3) is 0 Å². The topological polar surface area (TPSA) is 55.4 Å². The summed E-state index contributed by atoms with van der Waals surface area (Å²) in [4.78, 5) is 24.5. The molecule has 2 aromatic rings. The van der Waals surface area contributed by atoms with E-state index in [0.29, 0.717) is 24.3 Å². The minimum atomic E-state index is -0.622. The Hall–Kier alpha value is -2.05. The first-order valence-corrected chi connectivity index (χ1v) is 9.40. The predicted molar refractivity (Wildman–Crippen MR) is 104 cm³/mol. The Labute approximate surface area is 157 Å². The molecule has 25 heavy (non-hydrogen) atoms. The van der Waals surface area contributed by atoms with Crippen LogP contribution in [0.2, 0.25) is 0 Å². The van der Waals surface area contributed by atoms with Gasteiger partial charge in [0, 0.05) is 19.3 Å². The zero-order chi connectivity index (χ0) is 18.1. The van der Waals surface area contributed by atoms with Gasteiger partial charge in [0.1, 0.15) is 5.78 Å². The highest BCUT2D eigenvalue weighted by Gasteiger charge is 2.22. The van der Waals surface area contributed by atoms with E-state index in [1.54, 1.807) is 0 Å². The second-order valence-corrected chi connectivity index (χ2v) is 6.88. The number of ketones is 1. The number of esters is 1. The van der Waals surface area contributed by atoms with Crippen molar-refractivity contribution in [2.45, 2.75) is 31.7 Å². The number of carbonyl (C=O) groups is 2. The number of hydrogen-bond donors (Lipinski definition) is 1. The zero-order valence-electron chi connectivity index (χ0n) is 14.1. The minimum absolute atomic E-state index is 0.165. The fraction of sp³-hybridized carbons (Fsp3) is 0.316. The number of aryl methyl sites for hydroxylation is 1. The average Bonchev–Trinajstić information content (AvgIpc) is 3.17. The van der Waals surface area contributed by atoms with Crippen molar-refractivity contribution < 1.29 is 14.3 Å². The third-order valence-electron chi connectivity index (χ3n) is 3.78. The van der Waals surface area contributed by atoms with Crippen molar-refractivity contribution in [3.63, 3.8) is 0 Å². The Kier molecular flexibility index (Phi) is 7.76. The number of hydrogen-bond acceptors (Lipinski definition) is 5. The van der Waals surface area contributed by atoms with Crippen LogP contribution in [0.5, 0.6) is 0 Å². The first-order chi connectivity index (χ1) is 12.1. The van der Waals surface area contributed by atoms with Gasteiger partial charge in [0.05, 0.1) is 12.1 Å². The molecule has 0 aliphatic carbocycles. The summed E-state index contributed by atoms with van der Waals surface area (Å²) in [5.41, 5.74) is 1.97. The lowest BCUT2D eigenvalue weighted by atomic mass is 10.0. The fourth-order valence-electron chi connectivity index (χ4n) is 2.37. The fourth-order valence-corrected chi connectivity index (χ4v) is 3.28. The van der Waals surface area contributed by atoms with Crippen LogP contribution in [-0.2, 0) is 20.7 Å². The molecule has 0 aliphatic rings. The van der Waals surface area contributed by atoms with Crippen LogP contribution in [0.4, 0.5) is 0 Å². The van der Waals surface area contributed by atoms with Crippen LogP contribution in [0, 0.1) is 0 Å². The van der Waals surface area contributed by atoms with Crippen molar-refractivity contribution in [2.24, 2.45) is 0 Å². The largest absolute Gasteiger partial charge is 0.467 e. The second kappa shape index (κ2) is 10.1. The number of ether oxygens (including phenoxy) is 1. The van der Waals surface area contributed by atoms with E-state index in [9.17, 15) is 9.59 Å². The number of nitrogens with one attached hydrogen (secondary N) is 1. The Bertz CT molecular complexity index is 699. The summed E-state index contributed by atoms with van der Waals surface area (Å²) >= 11 is 6.80. The highest BCUT2D eigenvalue weighted by atomic mass is 32.1. The van der Waals surface area contributed by atoms with Crippen molar-refractivity contribution >= 4 is 40.3 Å². The van der Waals surface area contributed by atoms with Crippen LogP contribution in [0.3, 0.4) is 0 Å². The van der Waals surface area contributed by atoms with Crippen LogP contribution in [0.1, 0.15) is 36.4 Å². The summed E-state index contributed by atoms with van der Waals surface area (Å²) in [6, 6.07) is 11.2. The van der Waals surface area contributed by atoms with E-state index in [0.717, 1.165) is 17.5 Å². The number of carbonyl (C=O) groups excluding carboxylic acids is 2. The first-order valence-electron chi connectivity index (χ1n) is 8.05. The van der Waals surface area contributed by atoms with Gasteiger partial charge in [-0.3, -0.25) is 4.79 Å². The number of Topliss-reactive ketones (excluding diaryl/α,β-unsaturated/α-hetero) is 1. The van der Waals surface area contributed by atoms with Gasteiger partial charge in [0.15, 0.2) is 6.04 Å². The van der Waals surface area contributed by atoms with Gasteiger partial charge in [0.25, 0.3) is 0 Å². The van der Waals surface area contributed by atoms with Gasteiger partial charge in [-0.25, -0.2) is 4.79 Å². The molecule has 4 nitrogen and oxygen atoms in total. The van der Waals surface area contributed by atoms with Gasteiger partial charge >= 0.3 is 5.97 Å². The van der Waals surface area contributed by atoms with Gasteiger partial charge in [-0.05, 0) is 34.4 Å². The van der Waals surface area contributed by atoms with Gasteiger partial charge < -0.3 is 10.1 Å². The summed E-state index contributed by atoms with van der Waals surface area (Å²) < 4.78 is 4.83. The zero-order valence-corrected chi connectivity index (χ0v) is 15.7. The highest BCUT2D eigenvalue weighted by Crippen LogP contribution is 2.18. The SMILES string of the molecule is COC(=O)C(NC(=S)CCC(=O)CCc1ccccc1)c1ccsc1. The molecule has 1 unspecified atom stereocenters. The van der Waals surface area contributed by atoms with Gasteiger partial charge in [-0.15, -0.1) is 0 Å². The monoisotopic (exact) mass is 375 g/mol. The molecule has 0 bridgehead atoms. The van der Waals surface area contributed by atoms with Crippen LogP contribution >= 0.6 is 23.6 Å². The van der Waals surface area contributed by atoms with Crippen molar-refractivity contribution in [1.29, 1.82) is 0 Å². The van der Waals surface area contributed by atoms with Crippen molar-refractivity contribution in [1.82, 2.24) is 5.32 Å². The maximum atomic E-state index is 12.0. The Balaban J connectivity index is 1.78. The Morgan fingerprint density at radius 1 is 1.16 bits per heavy atom. The standard InChI is InChI=1S/C19H21NO3S2/c1-23-19(22)18(15-11-12-25-13-15)20-17(24)10-9-16(21)8-7-14-5-3-2-4-6-14/h2-6,11-13,18H,7-10H2,1H3,(H,20,24). The van der Waals surface area contributed by atoms with E-state index >= 15 is 0 Å². The molecule has 6 heteroatoms. The molecular weight excluding hydrogens is 354 g/mol. The molecule has 132 valence electrons. The van der Waals surface area contributed by atoms with Gasteiger partial charge in [-0.2, -0.15) is 11.3 Å². The summed E-state index contributed by atoms with van der Waals surface area (Å²) in [5, 5.41) is 6.78. The smallest absolute Gasteiger partial charge is 0.333 e. The quantitative estimate of drug-likeness (QED) is 0.533. The Morgan fingerprint density at radius 2 is 1.92 bits per heavy atom. The molecule has 1 N–H and O–H groups in total. The molecule has 0 aliphatic heterocycles. The molecule has 0 fully saturated rings. The first kappa shape index (κ1) is 19.3. The normalized spacial score (nSPS) is 11.6. The molecular formula is C19H21NO3S2. The Morgan fingerprint density at radius 3 is 2.56 bits per heavy atom. The molecule has 2 rings (SSSR count). The van der Waals surface area contributed by atoms with Crippen molar-refractivity contribution in [2.75, 3.05) is 7.11 Å². The molecule has 0 saturated carbocycles. The number of methoxy groups -OCH3 is 1. The lowest BCUT2D eigenvalue weighted by Crippen LogP contribution is -2.33. The lowest BCUT2D eigenvalue weighted by molar-refractivity contribution is -0.142. The van der Waals surface area contributed by atoms with E-state index in [4.69, 9.17) is 17.0 Å². The van der Waals surface area contributed by atoms with E-state index < -0.39 is 12.0 Å². The molecule has 1 heterocycles. The van der Waals surface area contributed by atoms with Gasteiger partial charge in [-0.1, -0.05) is 42.5 Å². The van der Waals surface area contributed by atoms with Crippen molar-refractivity contribution in [3.05, 3.63) is 58.3 Å². The molecule has 0 radical (unpaired) electrons. The summed E-state index contributed by atoms with van der Waals surface area (Å²) in [7, 11) is 1.35. The molecule has 1 aromatic heterocycles. The minimum Gasteiger partial charge on any atom is -0.467 e. The number of rotatable bonds is 9. The van der Waals surface area contributed by atoms with Crippen LogP contribution < -0.4 is 5.32 Å². The van der Waals surface area contributed by atoms with E-state index in [-0.39, 0.29) is 5.78 Å². The summed E-state index contributed by atoms with van der Waals surface area (Å²) in [5.74, 6) is -0.227. The lowest BCUT2D eigenvalue weighted by Gasteiger charge is -2.17. The molecule has 1 atom stereocenters. The van der Waals surface area contributed by atoms with Crippen LogP contribution in [0.15, 0.2) is 47.2 Å². The summed E-state index contributed by atoms with van der Waals surface area (Å²) in [6.07, 6.45) is 2.04. The number of thiophene rings is 1. The predicted octanol–water partition coefficient (Wildman–Crippen LogP) is 3.86. The van der Waals surface area contributed by atoms with Crippen LogP contribution in [-0.4, -0.2) is 23.9 Å². The second-order valence-electron chi connectivity index (χ2n) is 5.60. The molecule has 0 saturated heterocycles. The van der Waals surface area contributed by atoms with Gasteiger partial charge in [0.2, 0.25) is 0 Å². The molecule has 0 amide bonds. The highest BCUT2D eigenvalue weighted by molar-refractivity contribution is 7.80. The number of benzene rings is 1. The van der Waals surface area contributed by atoms with E-state index in [1.807, 2.05) is 47.2 Å². The third-order valence-corrected chi connectivity index (χ3v) is 4.81. The third kappa shape index (κ3) is 6.40. The van der Waals surface area contributed by atoms with E-state index in [2.05, 4.69) is 5.32 Å².